The van der Waals surface area contributed by atoms with E-state index in [1.54, 1.807) is 4.68 Å². The molecule has 1 saturated heterocycles. The van der Waals surface area contributed by atoms with Crippen LogP contribution < -0.4 is 4.74 Å². The minimum atomic E-state index is -3.85. The van der Waals surface area contributed by atoms with Gasteiger partial charge in [0.25, 0.3) is 0 Å². The van der Waals surface area contributed by atoms with Crippen LogP contribution >= 0.6 is 12.2 Å². The second-order valence-corrected chi connectivity index (χ2v) is 8.95. The van der Waals surface area contributed by atoms with Crippen molar-refractivity contribution >= 4 is 27.9 Å². The Morgan fingerprint density at radius 1 is 1.28 bits per heavy atom. The fourth-order valence-corrected chi connectivity index (χ4v) is 4.78. The number of benzene rings is 1. The molecule has 1 aromatic heterocycles. The van der Waals surface area contributed by atoms with Crippen LogP contribution in [0.25, 0.3) is 0 Å². The lowest BCUT2D eigenvalue weighted by molar-refractivity contribution is -0.386. The number of nitrogens with zero attached hydrogens (tertiary/aromatic N) is 6. The molecule has 1 aromatic carbocycles. The third kappa shape index (κ3) is 4.17. The second-order valence-electron chi connectivity index (χ2n) is 6.64. The van der Waals surface area contributed by atoms with E-state index in [0.29, 0.717) is 24.5 Å². The van der Waals surface area contributed by atoms with Gasteiger partial charge in [-0.2, -0.15) is 9.40 Å². The number of rotatable bonds is 6. The average Bonchev–Trinajstić information content (AvgIpc) is 2.94. The van der Waals surface area contributed by atoms with Gasteiger partial charge in [-0.15, -0.1) is 0 Å². The first-order valence-electron chi connectivity index (χ1n) is 8.80. The Balaban J connectivity index is 1.73. The Morgan fingerprint density at radius 2 is 1.93 bits per heavy atom. The molecule has 0 bridgehead atoms. The van der Waals surface area contributed by atoms with E-state index < -0.39 is 14.9 Å². The molecule has 0 amide bonds. The average molecular weight is 443 g/mol. The van der Waals surface area contributed by atoms with Gasteiger partial charge in [0.05, 0.1) is 23.6 Å². The largest absolute Gasteiger partial charge is 0.490 e. The Morgan fingerprint density at radius 3 is 2.45 bits per heavy atom. The van der Waals surface area contributed by atoms with E-state index in [1.165, 1.54) is 23.5 Å². The molecule has 0 radical (unpaired) electrons. The van der Waals surface area contributed by atoms with E-state index in [2.05, 4.69) is 10.00 Å². The van der Waals surface area contributed by atoms with Gasteiger partial charge < -0.3 is 9.30 Å². The van der Waals surface area contributed by atoms with Crippen molar-refractivity contribution in [3.8, 4) is 5.75 Å². The number of methoxy groups -OCH3 is 1. The first-order chi connectivity index (χ1) is 13.6. The molecule has 3 rings (SSSR count). The van der Waals surface area contributed by atoms with E-state index in [-0.39, 0.29) is 29.4 Å². The van der Waals surface area contributed by atoms with Crippen LogP contribution in [-0.2, 0) is 23.7 Å². The van der Waals surface area contributed by atoms with Gasteiger partial charge in [0.15, 0.2) is 10.5 Å². The molecular formula is C16H22N6O5S2. The monoisotopic (exact) mass is 442 g/mol. The standard InChI is InChI=1S/C16H22N6O5S2/c1-12-17-21(16(28)18(12)2)11-19-6-8-20(9-7-19)29(25,26)13-4-5-15(27-3)14(10-13)22(23)24/h4-5,10H,6-9,11H2,1-3H3. The van der Waals surface area contributed by atoms with Gasteiger partial charge in [-0.05, 0) is 31.3 Å². The quantitative estimate of drug-likeness (QED) is 0.372. The van der Waals surface area contributed by atoms with Crippen molar-refractivity contribution in [3.63, 3.8) is 0 Å². The predicted octanol–water partition coefficient (Wildman–Crippen LogP) is 1.14. The fraction of sp³-hybridized carbons (Fsp3) is 0.500. The molecule has 0 unspecified atom stereocenters. The van der Waals surface area contributed by atoms with Crippen LogP contribution in [0.15, 0.2) is 23.1 Å². The summed E-state index contributed by atoms with van der Waals surface area (Å²) in [7, 11) is -0.707. The number of hydrogen-bond acceptors (Lipinski definition) is 8. The van der Waals surface area contributed by atoms with Crippen molar-refractivity contribution in [2.75, 3.05) is 33.3 Å². The van der Waals surface area contributed by atoms with Crippen LogP contribution in [0.4, 0.5) is 5.69 Å². The number of piperazine rings is 1. The summed E-state index contributed by atoms with van der Waals surface area (Å²) in [4.78, 5) is 12.5. The minimum Gasteiger partial charge on any atom is -0.490 e. The SMILES string of the molecule is COc1ccc(S(=O)(=O)N2CCN(Cn3nc(C)n(C)c3=S)CC2)cc1[N+](=O)[O-]. The minimum absolute atomic E-state index is 0.0150. The molecular weight excluding hydrogens is 420 g/mol. The number of nitro benzene ring substituents is 1. The molecule has 1 fully saturated rings. The van der Waals surface area contributed by atoms with Gasteiger partial charge in [-0.25, -0.2) is 13.1 Å². The summed E-state index contributed by atoms with van der Waals surface area (Å²) < 4.78 is 36.3. The van der Waals surface area contributed by atoms with Gasteiger partial charge in [0, 0.05) is 39.3 Å². The van der Waals surface area contributed by atoms with Crippen LogP contribution in [0, 0.1) is 21.8 Å². The van der Waals surface area contributed by atoms with Crippen molar-refractivity contribution in [3.05, 3.63) is 38.9 Å². The Labute approximate surface area is 173 Å². The number of aryl methyl sites for hydroxylation is 1. The molecule has 0 atom stereocenters. The maximum absolute atomic E-state index is 12.9. The van der Waals surface area contributed by atoms with E-state index in [0.717, 1.165) is 11.9 Å². The highest BCUT2D eigenvalue weighted by atomic mass is 32.2. The lowest BCUT2D eigenvalue weighted by Gasteiger charge is -2.33. The summed E-state index contributed by atoms with van der Waals surface area (Å²) in [5.74, 6) is 0.818. The number of ether oxygens (including phenoxy) is 1. The maximum atomic E-state index is 12.9. The van der Waals surface area contributed by atoms with Crippen LogP contribution in [0.3, 0.4) is 0 Å². The summed E-state index contributed by atoms with van der Waals surface area (Å²) in [6.45, 7) is 3.86. The number of nitro groups is 1. The van der Waals surface area contributed by atoms with Gasteiger partial charge in [0.1, 0.15) is 5.82 Å². The Hall–Kier alpha value is -2.35. The fourth-order valence-electron chi connectivity index (χ4n) is 3.11. The summed E-state index contributed by atoms with van der Waals surface area (Å²) in [5, 5.41) is 15.6. The van der Waals surface area contributed by atoms with Crippen molar-refractivity contribution in [2.24, 2.45) is 7.05 Å². The van der Waals surface area contributed by atoms with E-state index in [9.17, 15) is 18.5 Å². The van der Waals surface area contributed by atoms with Gasteiger partial charge in [0.2, 0.25) is 10.0 Å². The lowest BCUT2D eigenvalue weighted by atomic mass is 10.3. The van der Waals surface area contributed by atoms with E-state index in [4.69, 9.17) is 17.0 Å². The molecule has 158 valence electrons. The Bertz CT molecular complexity index is 1090. The van der Waals surface area contributed by atoms with E-state index in [1.807, 2.05) is 18.5 Å². The highest BCUT2D eigenvalue weighted by Gasteiger charge is 2.31. The van der Waals surface area contributed by atoms with Gasteiger partial charge >= 0.3 is 5.69 Å². The summed E-state index contributed by atoms with van der Waals surface area (Å²) in [5.41, 5.74) is -0.382. The lowest BCUT2D eigenvalue weighted by Crippen LogP contribution is -2.48. The highest BCUT2D eigenvalue weighted by Crippen LogP contribution is 2.30. The normalized spacial score (nSPS) is 16.1. The number of sulfonamides is 1. The van der Waals surface area contributed by atoms with Crippen LogP contribution in [0.2, 0.25) is 0 Å². The summed E-state index contributed by atoms with van der Waals surface area (Å²) in [6.07, 6.45) is 0. The zero-order valence-corrected chi connectivity index (χ0v) is 17.9. The molecule has 1 aliphatic heterocycles. The van der Waals surface area contributed by atoms with Gasteiger partial charge in [-0.1, -0.05) is 0 Å². The molecule has 0 saturated carbocycles. The van der Waals surface area contributed by atoms with Crippen LogP contribution in [0.1, 0.15) is 5.82 Å². The number of aromatic nitrogens is 3. The van der Waals surface area contributed by atoms with Crippen molar-refractivity contribution < 1.29 is 18.1 Å². The first-order valence-corrected chi connectivity index (χ1v) is 10.7. The molecule has 0 aliphatic carbocycles. The molecule has 29 heavy (non-hydrogen) atoms. The molecule has 0 N–H and O–H groups in total. The molecule has 11 nitrogen and oxygen atoms in total. The molecule has 2 heterocycles. The molecule has 2 aromatic rings. The maximum Gasteiger partial charge on any atom is 0.312 e. The molecule has 13 heteroatoms. The third-order valence-corrected chi connectivity index (χ3v) is 7.29. The topological polar surface area (TPSA) is 116 Å². The third-order valence-electron chi connectivity index (χ3n) is 4.91. The zero-order valence-electron chi connectivity index (χ0n) is 16.3. The van der Waals surface area contributed by atoms with Gasteiger partial charge in [-0.3, -0.25) is 15.0 Å². The van der Waals surface area contributed by atoms with Crippen LogP contribution in [-0.4, -0.2) is 70.2 Å². The van der Waals surface area contributed by atoms with Crippen molar-refractivity contribution in [1.29, 1.82) is 0 Å². The highest BCUT2D eigenvalue weighted by molar-refractivity contribution is 7.89. The predicted molar refractivity (Wildman–Crippen MR) is 107 cm³/mol. The van der Waals surface area contributed by atoms with Crippen molar-refractivity contribution in [2.45, 2.75) is 18.5 Å². The zero-order chi connectivity index (χ0) is 21.3. The Kier molecular flexibility index (Phi) is 6.03. The summed E-state index contributed by atoms with van der Waals surface area (Å²) >= 11 is 5.35. The van der Waals surface area contributed by atoms with Crippen LogP contribution in [0.5, 0.6) is 5.75 Å². The molecule has 0 spiro atoms. The smallest absolute Gasteiger partial charge is 0.312 e. The van der Waals surface area contributed by atoms with Crippen molar-refractivity contribution in [1.82, 2.24) is 23.6 Å². The molecule has 1 aliphatic rings. The second kappa shape index (κ2) is 8.18. The number of hydrogen-bond donors (Lipinski definition) is 0. The first kappa shape index (κ1) is 21.4. The van der Waals surface area contributed by atoms with E-state index >= 15 is 0 Å². The summed E-state index contributed by atoms with van der Waals surface area (Å²) in [6, 6.07) is 3.66.